The summed E-state index contributed by atoms with van der Waals surface area (Å²) in [6.07, 6.45) is 0. The molecule has 5 nitrogen and oxygen atoms in total. The first-order valence-electron chi connectivity index (χ1n) is 9.15. The molecule has 1 aromatic heterocycles. The van der Waals surface area contributed by atoms with Crippen LogP contribution in [0.5, 0.6) is 0 Å². The second kappa shape index (κ2) is 10.2. The molecule has 160 valence electrons. The maximum Gasteiger partial charge on any atom is 0.261 e. The maximum absolute atomic E-state index is 14.2. The molecule has 2 heterocycles. The molecule has 2 aromatic carbocycles. The van der Waals surface area contributed by atoms with Gasteiger partial charge in [0.1, 0.15) is 11.3 Å². The minimum Gasteiger partial charge on any atom is -0.379 e. The van der Waals surface area contributed by atoms with Crippen LogP contribution < -0.4 is 4.90 Å². The Bertz CT molecular complexity index is 1040. The van der Waals surface area contributed by atoms with Crippen molar-refractivity contribution in [2.24, 2.45) is 0 Å². The number of morpholine rings is 1. The lowest BCUT2D eigenvalue weighted by Crippen LogP contribution is -2.43. The second-order valence-electron chi connectivity index (χ2n) is 6.62. The quantitative estimate of drug-likeness (QED) is 0.497. The fraction of sp³-hybridized carbons (Fsp3) is 0.300. The summed E-state index contributed by atoms with van der Waals surface area (Å²) in [5.41, 5.74) is 0.594. The predicted octanol–water partition coefficient (Wildman–Crippen LogP) is 5.14. The van der Waals surface area contributed by atoms with Gasteiger partial charge in [-0.3, -0.25) is 14.6 Å². The van der Waals surface area contributed by atoms with Crippen LogP contribution in [0.15, 0.2) is 36.4 Å². The molecular formula is C20H19Cl3FN3O2S. The highest BCUT2D eigenvalue weighted by Crippen LogP contribution is 2.32. The van der Waals surface area contributed by atoms with Gasteiger partial charge < -0.3 is 4.74 Å². The Kier molecular flexibility index (Phi) is 7.90. The lowest BCUT2D eigenvalue weighted by atomic mass is 10.2. The molecule has 1 aliphatic rings. The van der Waals surface area contributed by atoms with E-state index in [2.05, 4.69) is 9.88 Å². The standard InChI is InChI=1S/C20H18Cl2FN3O2S.ClH/c21-13-4-5-14(15(22)12-13)19(27)26(7-6-25-8-10-28-11-9-25)20-24-18-16(23)2-1-3-17(18)29-20;/h1-5,12H,6-11H2;1H. The number of nitrogens with zero attached hydrogens (tertiary/aromatic N) is 3. The van der Waals surface area contributed by atoms with E-state index in [1.807, 2.05) is 0 Å². The molecule has 0 bridgehead atoms. The number of anilines is 1. The van der Waals surface area contributed by atoms with Crippen LogP contribution in [0, 0.1) is 5.82 Å². The third-order valence-corrected chi connectivity index (χ3v) is 6.33. The number of thiazole rings is 1. The normalized spacial score (nSPS) is 14.5. The average molecular weight is 491 g/mol. The van der Waals surface area contributed by atoms with Gasteiger partial charge in [0.25, 0.3) is 5.91 Å². The minimum absolute atomic E-state index is 0. The average Bonchev–Trinajstić information content (AvgIpc) is 3.14. The van der Waals surface area contributed by atoms with Crippen molar-refractivity contribution < 1.29 is 13.9 Å². The van der Waals surface area contributed by atoms with E-state index in [0.717, 1.165) is 13.1 Å². The fourth-order valence-corrected chi connectivity index (χ4v) is 4.67. The van der Waals surface area contributed by atoms with Crippen LogP contribution in [0.4, 0.5) is 9.52 Å². The third-order valence-electron chi connectivity index (χ3n) is 4.74. The van der Waals surface area contributed by atoms with E-state index >= 15 is 0 Å². The van der Waals surface area contributed by atoms with E-state index in [1.165, 1.54) is 23.5 Å². The van der Waals surface area contributed by atoms with E-state index in [4.69, 9.17) is 27.9 Å². The van der Waals surface area contributed by atoms with Crippen LogP contribution in [0.1, 0.15) is 10.4 Å². The van der Waals surface area contributed by atoms with Gasteiger partial charge in [-0.05, 0) is 30.3 Å². The summed E-state index contributed by atoms with van der Waals surface area (Å²) in [6, 6.07) is 9.55. The molecule has 0 atom stereocenters. The van der Waals surface area contributed by atoms with E-state index < -0.39 is 5.82 Å². The lowest BCUT2D eigenvalue weighted by Gasteiger charge is -2.29. The zero-order chi connectivity index (χ0) is 20.4. The molecule has 30 heavy (non-hydrogen) atoms. The molecule has 1 amide bonds. The van der Waals surface area contributed by atoms with Gasteiger partial charge in [-0.1, -0.05) is 40.6 Å². The van der Waals surface area contributed by atoms with Gasteiger partial charge in [0.05, 0.1) is 28.5 Å². The first-order valence-corrected chi connectivity index (χ1v) is 10.7. The number of benzene rings is 2. The Morgan fingerprint density at radius 3 is 2.70 bits per heavy atom. The number of aromatic nitrogens is 1. The molecular weight excluding hydrogens is 472 g/mol. The maximum atomic E-state index is 14.2. The zero-order valence-corrected chi connectivity index (χ0v) is 19.0. The fourth-order valence-electron chi connectivity index (χ4n) is 3.18. The highest BCUT2D eigenvalue weighted by Gasteiger charge is 2.25. The van der Waals surface area contributed by atoms with Crippen LogP contribution in [-0.4, -0.2) is 55.2 Å². The van der Waals surface area contributed by atoms with E-state index in [9.17, 15) is 9.18 Å². The van der Waals surface area contributed by atoms with Crippen molar-refractivity contribution in [1.82, 2.24) is 9.88 Å². The van der Waals surface area contributed by atoms with Gasteiger partial charge in [-0.15, -0.1) is 12.4 Å². The topological polar surface area (TPSA) is 45.7 Å². The van der Waals surface area contributed by atoms with Gasteiger partial charge in [0, 0.05) is 31.2 Å². The summed E-state index contributed by atoms with van der Waals surface area (Å²) in [4.78, 5) is 21.5. The summed E-state index contributed by atoms with van der Waals surface area (Å²) in [7, 11) is 0. The van der Waals surface area contributed by atoms with Crippen LogP contribution >= 0.6 is 46.9 Å². The Hall–Kier alpha value is -1.48. The summed E-state index contributed by atoms with van der Waals surface area (Å²) < 4.78 is 20.2. The molecule has 0 saturated carbocycles. The van der Waals surface area contributed by atoms with Crippen molar-refractivity contribution in [3.8, 4) is 0 Å². The highest BCUT2D eigenvalue weighted by molar-refractivity contribution is 7.22. The van der Waals surface area contributed by atoms with Crippen molar-refractivity contribution >= 4 is 68.2 Å². The highest BCUT2D eigenvalue weighted by atomic mass is 35.5. The molecule has 0 radical (unpaired) electrons. The molecule has 1 aliphatic heterocycles. The van der Waals surface area contributed by atoms with Crippen molar-refractivity contribution in [2.75, 3.05) is 44.3 Å². The Morgan fingerprint density at radius 1 is 1.23 bits per heavy atom. The lowest BCUT2D eigenvalue weighted by molar-refractivity contribution is 0.0391. The van der Waals surface area contributed by atoms with Gasteiger partial charge in [0.15, 0.2) is 5.13 Å². The minimum atomic E-state index is -0.407. The van der Waals surface area contributed by atoms with Crippen molar-refractivity contribution in [3.63, 3.8) is 0 Å². The molecule has 0 aliphatic carbocycles. The van der Waals surface area contributed by atoms with Gasteiger partial charge in [0.2, 0.25) is 0 Å². The summed E-state index contributed by atoms with van der Waals surface area (Å²) in [5, 5.41) is 1.16. The smallest absolute Gasteiger partial charge is 0.261 e. The van der Waals surface area contributed by atoms with Gasteiger partial charge >= 0.3 is 0 Å². The predicted molar refractivity (Wildman–Crippen MR) is 122 cm³/mol. The number of para-hydroxylation sites is 1. The van der Waals surface area contributed by atoms with E-state index in [0.29, 0.717) is 46.7 Å². The molecule has 0 N–H and O–H groups in total. The van der Waals surface area contributed by atoms with Crippen molar-refractivity contribution in [2.45, 2.75) is 0 Å². The number of fused-ring (bicyclic) bond motifs is 1. The zero-order valence-electron chi connectivity index (χ0n) is 15.8. The van der Waals surface area contributed by atoms with Crippen molar-refractivity contribution in [1.29, 1.82) is 0 Å². The van der Waals surface area contributed by atoms with Crippen LogP contribution in [-0.2, 0) is 4.74 Å². The first-order chi connectivity index (χ1) is 14.0. The molecule has 0 spiro atoms. The summed E-state index contributed by atoms with van der Waals surface area (Å²) in [6.45, 7) is 4.00. The third kappa shape index (κ3) is 5.04. The molecule has 3 aromatic rings. The molecule has 1 saturated heterocycles. The largest absolute Gasteiger partial charge is 0.379 e. The van der Waals surface area contributed by atoms with Crippen LogP contribution in [0.2, 0.25) is 10.0 Å². The Labute approximate surface area is 193 Å². The Balaban J connectivity index is 0.00000256. The summed E-state index contributed by atoms with van der Waals surface area (Å²) >= 11 is 13.5. The Morgan fingerprint density at radius 2 is 2.00 bits per heavy atom. The van der Waals surface area contributed by atoms with Gasteiger partial charge in [-0.2, -0.15) is 0 Å². The number of ether oxygens (including phenoxy) is 1. The number of hydrogen-bond acceptors (Lipinski definition) is 5. The van der Waals surface area contributed by atoms with Crippen molar-refractivity contribution in [3.05, 3.63) is 57.8 Å². The van der Waals surface area contributed by atoms with Crippen LogP contribution in [0.3, 0.4) is 0 Å². The molecule has 1 fully saturated rings. The number of carbonyl (C=O) groups is 1. The second-order valence-corrected chi connectivity index (χ2v) is 8.47. The van der Waals surface area contributed by atoms with E-state index in [1.54, 1.807) is 29.2 Å². The van der Waals surface area contributed by atoms with Crippen LogP contribution in [0.25, 0.3) is 10.2 Å². The number of hydrogen-bond donors (Lipinski definition) is 0. The van der Waals surface area contributed by atoms with E-state index in [-0.39, 0.29) is 28.9 Å². The number of carbonyl (C=O) groups excluding carboxylic acids is 1. The monoisotopic (exact) mass is 489 g/mol. The van der Waals surface area contributed by atoms with Gasteiger partial charge in [-0.25, -0.2) is 9.37 Å². The molecule has 0 unspecified atom stereocenters. The molecule has 4 rings (SSSR count). The summed E-state index contributed by atoms with van der Waals surface area (Å²) in [5.74, 6) is -0.700. The SMILES string of the molecule is Cl.O=C(c1ccc(Cl)cc1Cl)N(CCN1CCOCC1)c1nc2c(F)cccc2s1. The number of rotatable bonds is 5. The molecule has 10 heteroatoms. The number of amides is 1. The number of halogens is 4. The first kappa shape index (κ1) is 23.2.